The minimum absolute atomic E-state index is 0.0829. The molecule has 0 aromatic heterocycles. The lowest BCUT2D eigenvalue weighted by Crippen LogP contribution is -2.82. The van der Waals surface area contributed by atoms with E-state index in [4.69, 9.17) is 28.4 Å². The summed E-state index contributed by atoms with van der Waals surface area (Å²) in [6.45, 7) is 16.7. The number of aliphatic hydroxyl groups excluding tert-OH is 3. The molecule has 2 saturated carbocycles. The number of ether oxygens (including phenoxy) is 6. The molecule has 1 aromatic carbocycles. The smallest absolute Gasteiger partial charge is 0.408 e. The third-order valence-electron chi connectivity index (χ3n) is 12.2. The van der Waals surface area contributed by atoms with Crippen LogP contribution in [0.2, 0.25) is 0 Å². The number of hydrogen-bond acceptors (Lipinski definition) is 15. The molecule has 0 unspecified atom stereocenters. The van der Waals surface area contributed by atoms with Gasteiger partial charge in [-0.1, -0.05) is 45.0 Å². The van der Waals surface area contributed by atoms with Gasteiger partial charge in [0.1, 0.15) is 35.6 Å². The molecule has 314 valence electrons. The summed E-state index contributed by atoms with van der Waals surface area (Å²) in [6, 6.07) is 6.47. The number of rotatable bonds is 9. The fourth-order valence-electron chi connectivity index (χ4n) is 9.33. The number of esters is 4. The van der Waals surface area contributed by atoms with Gasteiger partial charge in [0.2, 0.25) is 0 Å². The predicted molar refractivity (Wildman–Crippen MR) is 199 cm³/mol. The Morgan fingerprint density at radius 1 is 1.00 bits per heavy atom. The Morgan fingerprint density at radius 3 is 2.16 bits per heavy atom. The summed E-state index contributed by atoms with van der Waals surface area (Å²) in [5.41, 5.74) is -8.02. The number of amides is 1. The molecule has 1 aromatic rings. The molecular formula is C41H55NO15. The molecule has 0 spiro atoms. The SMILES string of the molecule is C=C[C@H](NC(=O)OC(C)(C)C)[C@@H](O)C(=O)O[C@H]1C[C@@]2(O)[C@@H](OC(=O)c3ccccc3)[C@@H]3[C@]4(OC(C)=O)CO[C@@H]4C[C@H](O)[C@@]3(C)[C@@H](O)[C@H](OC(C)=O)C(=C1C)C2(C)C. The summed E-state index contributed by atoms with van der Waals surface area (Å²) in [5, 5.41) is 51.8. The number of hydrogen-bond donors (Lipinski definition) is 5. The molecule has 1 heterocycles. The number of aliphatic hydroxyl groups is 4. The zero-order valence-electron chi connectivity index (χ0n) is 33.8. The molecule has 1 aliphatic heterocycles. The molecule has 12 atom stereocenters. The van der Waals surface area contributed by atoms with Crippen LogP contribution >= 0.6 is 0 Å². The molecule has 1 amide bonds. The minimum Gasteiger partial charge on any atom is -0.456 e. The van der Waals surface area contributed by atoms with Gasteiger partial charge in [-0.2, -0.15) is 0 Å². The molecule has 16 heteroatoms. The lowest BCUT2D eigenvalue weighted by molar-refractivity contribution is -0.365. The quantitative estimate of drug-likeness (QED) is 0.137. The van der Waals surface area contributed by atoms with Crippen LogP contribution in [0.4, 0.5) is 4.79 Å². The van der Waals surface area contributed by atoms with E-state index in [-0.39, 0.29) is 29.7 Å². The van der Waals surface area contributed by atoms with Gasteiger partial charge in [0, 0.05) is 37.5 Å². The molecule has 5 rings (SSSR count). The van der Waals surface area contributed by atoms with Gasteiger partial charge in [-0.25, -0.2) is 14.4 Å². The van der Waals surface area contributed by atoms with E-state index in [9.17, 15) is 44.4 Å². The van der Waals surface area contributed by atoms with Crippen LogP contribution in [0.5, 0.6) is 0 Å². The molecule has 0 radical (unpaired) electrons. The number of benzene rings is 1. The van der Waals surface area contributed by atoms with Gasteiger partial charge < -0.3 is 54.2 Å². The minimum atomic E-state index is -2.34. The van der Waals surface area contributed by atoms with Crippen LogP contribution in [-0.4, -0.2) is 123 Å². The van der Waals surface area contributed by atoms with Crippen LogP contribution in [0.25, 0.3) is 0 Å². The third kappa shape index (κ3) is 7.57. The molecule has 2 bridgehead atoms. The normalized spacial score (nSPS) is 35.2. The average Bonchev–Trinajstić information content (AvgIpc) is 3.10. The number of fused-ring (bicyclic) bond motifs is 5. The van der Waals surface area contributed by atoms with E-state index >= 15 is 0 Å². The topological polar surface area (TPSA) is 234 Å². The highest BCUT2D eigenvalue weighted by molar-refractivity contribution is 5.89. The van der Waals surface area contributed by atoms with Gasteiger partial charge in [0.25, 0.3) is 0 Å². The van der Waals surface area contributed by atoms with Crippen LogP contribution in [0.3, 0.4) is 0 Å². The number of nitrogens with one attached hydrogen (secondary N) is 1. The highest BCUT2D eigenvalue weighted by Crippen LogP contribution is 2.65. The maximum atomic E-state index is 14.2. The second-order valence-corrected chi connectivity index (χ2v) is 17.2. The van der Waals surface area contributed by atoms with Crippen LogP contribution in [0.1, 0.15) is 85.5 Å². The molecular weight excluding hydrogens is 746 g/mol. The largest absolute Gasteiger partial charge is 0.456 e. The van der Waals surface area contributed by atoms with Crippen molar-refractivity contribution in [3.05, 3.63) is 59.7 Å². The van der Waals surface area contributed by atoms with Crippen LogP contribution in [0.15, 0.2) is 54.1 Å². The summed E-state index contributed by atoms with van der Waals surface area (Å²) >= 11 is 0. The first-order valence-corrected chi connectivity index (χ1v) is 18.9. The molecule has 1 saturated heterocycles. The Labute approximate surface area is 331 Å². The van der Waals surface area contributed by atoms with E-state index in [2.05, 4.69) is 11.9 Å². The summed E-state index contributed by atoms with van der Waals surface area (Å²) in [4.78, 5) is 66.3. The summed E-state index contributed by atoms with van der Waals surface area (Å²) in [7, 11) is 0. The molecule has 4 aliphatic rings. The van der Waals surface area contributed by atoms with E-state index < -0.39 is 119 Å². The standard InChI is InChI=1S/C41H55NO15/c1-11-24(42-36(50)57-37(5,6)7)29(46)35(49)54-25-18-41(51)33(55-34(48)23-15-13-12-14-16-23)31-39(10,26(45)17-27-40(31,19-52-27)56-22(4)44)32(47)30(53-21(3)43)28(20(25)2)38(41,8)9/h11-16,24-27,29-33,45-47,51H,1,17-19H2,2-10H3,(H,42,50)/t24-,25-,26-,27+,29+,30+,31-,32-,33-,39+,40-,41+/m0/s1. The first-order chi connectivity index (χ1) is 26.3. The number of alkyl carbamates (subject to hydrolysis) is 1. The molecule has 57 heavy (non-hydrogen) atoms. The highest BCUT2D eigenvalue weighted by atomic mass is 16.6. The lowest BCUT2D eigenvalue weighted by atomic mass is 9.44. The first kappa shape index (κ1) is 43.8. The van der Waals surface area contributed by atoms with Gasteiger partial charge in [-0.15, -0.1) is 6.58 Å². The average molecular weight is 802 g/mol. The number of carbonyl (C=O) groups excluding carboxylic acids is 5. The Hall–Kier alpha value is -4.35. The van der Waals surface area contributed by atoms with Crippen molar-refractivity contribution in [1.29, 1.82) is 0 Å². The predicted octanol–water partition coefficient (Wildman–Crippen LogP) is 2.44. The number of carbonyl (C=O) groups is 5. The second kappa shape index (κ2) is 15.4. The van der Waals surface area contributed by atoms with Crippen molar-refractivity contribution in [3.8, 4) is 0 Å². The van der Waals surface area contributed by atoms with Crippen molar-refractivity contribution in [1.82, 2.24) is 5.32 Å². The van der Waals surface area contributed by atoms with Crippen LogP contribution in [0, 0.1) is 16.7 Å². The van der Waals surface area contributed by atoms with Gasteiger partial charge in [-0.05, 0) is 51.0 Å². The van der Waals surface area contributed by atoms with Crippen molar-refractivity contribution in [2.45, 2.75) is 141 Å². The molecule has 3 fully saturated rings. The van der Waals surface area contributed by atoms with Crippen molar-refractivity contribution < 1.29 is 72.8 Å². The highest BCUT2D eigenvalue weighted by Gasteiger charge is 2.78. The van der Waals surface area contributed by atoms with Crippen molar-refractivity contribution >= 4 is 30.0 Å². The third-order valence-corrected chi connectivity index (χ3v) is 12.2. The van der Waals surface area contributed by atoms with Crippen molar-refractivity contribution in [2.24, 2.45) is 16.7 Å². The fraction of sp³-hybridized carbons (Fsp3) is 0.634. The summed E-state index contributed by atoms with van der Waals surface area (Å²) < 4.78 is 35.3. The Balaban J connectivity index is 1.72. The Kier molecular flexibility index (Phi) is 11.9. The van der Waals surface area contributed by atoms with E-state index in [1.807, 2.05) is 0 Å². The fourth-order valence-corrected chi connectivity index (χ4v) is 9.33. The maximum absolute atomic E-state index is 14.2. The molecule has 16 nitrogen and oxygen atoms in total. The van der Waals surface area contributed by atoms with Gasteiger partial charge >= 0.3 is 30.0 Å². The summed E-state index contributed by atoms with van der Waals surface area (Å²) in [5.74, 6) is -5.22. The first-order valence-electron chi connectivity index (χ1n) is 18.9. The van der Waals surface area contributed by atoms with E-state index in [0.717, 1.165) is 19.9 Å². The lowest BCUT2D eigenvalue weighted by Gasteiger charge is -2.69. The van der Waals surface area contributed by atoms with Gasteiger partial charge in [0.15, 0.2) is 17.8 Å². The van der Waals surface area contributed by atoms with Crippen molar-refractivity contribution in [2.75, 3.05) is 6.61 Å². The monoisotopic (exact) mass is 801 g/mol. The van der Waals surface area contributed by atoms with Crippen LogP contribution < -0.4 is 5.32 Å². The van der Waals surface area contributed by atoms with E-state index in [0.29, 0.717) is 0 Å². The Morgan fingerprint density at radius 2 is 1.63 bits per heavy atom. The van der Waals surface area contributed by atoms with Gasteiger partial charge in [0.05, 0.1) is 30.2 Å². The summed E-state index contributed by atoms with van der Waals surface area (Å²) in [6.07, 6.45) is -11.7. The van der Waals surface area contributed by atoms with Gasteiger partial charge in [-0.3, -0.25) is 9.59 Å². The van der Waals surface area contributed by atoms with Crippen LogP contribution in [-0.2, 0) is 42.8 Å². The van der Waals surface area contributed by atoms with E-state index in [1.165, 1.54) is 26.0 Å². The van der Waals surface area contributed by atoms with Crippen molar-refractivity contribution in [3.63, 3.8) is 0 Å². The molecule has 3 aliphatic carbocycles. The maximum Gasteiger partial charge on any atom is 0.408 e. The molecule has 5 N–H and O–H groups in total. The second-order valence-electron chi connectivity index (χ2n) is 17.2. The Bertz CT molecular complexity index is 1800. The van der Waals surface area contributed by atoms with E-state index in [1.54, 1.807) is 52.8 Å². The zero-order chi connectivity index (χ0) is 42.6. The zero-order valence-corrected chi connectivity index (χ0v) is 33.8.